The van der Waals surface area contributed by atoms with Gasteiger partial charge in [0.05, 0.1) is 12.1 Å². The highest BCUT2D eigenvalue weighted by Crippen LogP contribution is 2.14. The molecule has 5 nitrogen and oxygen atoms in total. The first-order valence-electron chi connectivity index (χ1n) is 7.97. The first kappa shape index (κ1) is 17.8. The van der Waals surface area contributed by atoms with Crippen molar-refractivity contribution in [1.29, 1.82) is 0 Å². The van der Waals surface area contributed by atoms with Gasteiger partial charge in [-0.25, -0.2) is 4.98 Å². The van der Waals surface area contributed by atoms with Crippen molar-refractivity contribution in [3.63, 3.8) is 0 Å². The molecule has 3 rings (SSSR count). The molecule has 1 aromatic carbocycles. The highest BCUT2D eigenvalue weighted by molar-refractivity contribution is 14.0. The fourth-order valence-corrected chi connectivity index (χ4v) is 2.74. The number of nitrogens with one attached hydrogen (secondary N) is 1. The average molecular weight is 425 g/mol. The van der Waals surface area contributed by atoms with Crippen LogP contribution in [0.1, 0.15) is 19.3 Å². The van der Waals surface area contributed by atoms with Gasteiger partial charge in [-0.2, -0.15) is 0 Å². The molecule has 2 heterocycles. The molecule has 23 heavy (non-hydrogen) atoms. The predicted octanol–water partition coefficient (Wildman–Crippen LogP) is 3.07. The van der Waals surface area contributed by atoms with Crippen LogP contribution in [0.15, 0.2) is 41.4 Å². The zero-order valence-corrected chi connectivity index (χ0v) is 15.6. The molecule has 124 valence electrons. The van der Waals surface area contributed by atoms with Crippen molar-refractivity contribution in [3.8, 4) is 0 Å². The number of likely N-dealkylation sites (tertiary alicyclic amines) is 1. The number of piperidine rings is 1. The number of nitrogens with zero attached hydrogens (tertiary/aromatic N) is 3. The van der Waals surface area contributed by atoms with Crippen molar-refractivity contribution < 1.29 is 0 Å². The van der Waals surface area contributed by atoms with Crippen LogP contribution in [0.25, 0.3) is 10.9 Å². The number of rotatable bonds is 4. The van der Waals surface area contributed by atoms with Crippen LogP contribution >= 0.6 is 24.0 Å². The zero-order valence-electron chi connectivity index (χ0n) is 13.2. The first-order chi connectivity index (χ1) is 10.8. The van der Waals surface area contributed by atoms with E-state index < -0.39 is 0 Å². The molecule has 6 heteroatoms. The summed E-state index contributed by atoms with van der Waals surface area (Å²) in [6.07, 6.45) is 3.74. The van der Waals surface area contributed by atoms with Crippen molar-refractivity contribution in [2.45, 2.75) is 19.3 Å². The number of aliphatic imine (C=N–C) groups is 1. The van der Waals surface area contributed by atoms with Gasteiger partial charge in [0.25, 0.3) is 0 Å². The van der Waals surface area contributed by atoms with Gasteiger partial charge in [0, 0.05) is 25.0 Å². The second kappa shape index (κ2) is 8.90. The summed E-state index contributed by atoms with van der Waals surface area (Å²) in [4.78, 5) is 11.2. The van der Waals surface area contributed by atoms with Gasteiger partial charge >= 0.3 is 0 Å². The summed E-state index contributed by atoms with van der Waals surface area (Å²) in [7, 11) is 0. The van der Waals surface area contributed by atoms with E-state index in [-0.39, 0.29) is 24.0 Å². The van der Waals surface area contributed by atoms with E-state index in [1.807, 2.05) is 24.3 Å². The van der Waals surface area contributed by atoms with Crippen LogP contribution in [0, 0.1) is 0 Å². The molecule has 1 aliphatic rings. The lowest BCUT2D eigenvalue weighted by atomic mass is 10.1. The number of nitrogens with two attached hydrogens (primary N) is 1. The largest absolute Gasteiger partial charge is 0.370 e. The molecule has 1 aliphatic heterocycles. The van der Waals surface area contributed by atoms with Crippen LogP contribution in [-0.2, 0) is 0 Å². The van der Waals surface area contributed by atoms with Crippen LogP contribution in [-0.4, -0.2) is 42.0 Å². The minimum atomic E-state index is 0. The van der Waals surface area contributed by atoms with Gasteiger partial charge in [-0.3, -0.25) is 4.99 Å². The van der Waals surface area contributed by atoms with Crippen LogP contribution in [0.3, 0.4) is 0 Å². The van der Waals surface area contributed by atoms with Gasteiger partial charge in [0.2, 0.25) is 0 Å². The Balaban J connectivity index is 0.00000192. The van der Waals surface area contributed by atoms with E-state index in [2.05, 4.69) is 32.3 Å². The molecular formula is C17H24IN5. The van der Waals surface area contributed by atoms with Gasteiger partial charge in [0.15, 0.2) is 5.96 Å². The first-order valence-corrected chi connectivity index (χ1v) is 7.97. The van der Waals surface area contributed by atoms with Crippen molar-refractivity contribution >= 4 is 46.7 Å². The molecular weight excluding hydrogens is 401 g/mol. The number of benzene rings is 1. The van der Waals surface area contributed by atoms with Gasteiger partial charge in [-0.05, 0) is 37.5 Å². The second-order valence-corrected chi connectivity index (χ2v) is 5.60. The Labute approximate surface area is 154 Å². The molecule has 0 amide bonds. The average Bonchev–Trinajstić information content (AvgIpc) is 2.59. The molecule has 2 aromatic rings. The summed E-state index contributed by atoms with van der Waals surface area (Å²) >= 11 is 0. The Morgan fingerprint density at radius 3 is 2.74 bits per heavy atom. The minimum absolute atomic E-state index is 0. The summed E-state index contributed by atoms with van der Waals surface area (Å²) in [5.41, 5.74) is 7.04. The molecule has 0 unspecified atom stereocenters. The number of para-hydroxylation sites is 1. The molecule has 0 bridgehead atoms. The van der Waals surface area contributed by atoms with E-state index in [0.29, 0.717) is 12.5 Å². The van der Waals surface area contributed by atoms with Gasteiger partial charge in [0.1, 0.15) is 5.82 Å². The third-order valence-corrected chi connectivity index (χ3v) is 3.97. The fraction of sp³-hybridized carbons (Fsp3) is 0.412. The second-order valence-electron chi connectivity index (χ2n) is 5.60. The summed E-state index contributed by atoms with van der Waals surface area (Å²) in [5.74, 6) is 1.55. The van der Waals surface area contributed by atoms with Gasteiger partial charge in [-0.15, -0.1) is 24.0 Å². The lowest BCUT2D eigenvalue weighted by Crippen LogP contribution is -2.41. The number of halogens is 1. The highest BCUT2D eigenvalue weighted by Gasteiger charge is 2.11. The topological polar surface area (TPSA) is 66.5 Å². The Kier molecular flexibility index (Phi) is 6.88. The summed E-state index contributed by atoms with van der Waals surface area (Å²) in [5, 5.41) is 4.46. The van der Waals surface area contributed by atoms with Crippen molar-refractivity contribution in [2.24, 2.45) is 10.7 Å². The van der Waals surface area contributed by atoms with E-state index in [4.69, 9.17) is 5.73 Å². The number of pyridine rings is 1. The molecule has 1 aromatic heterocycles. The van der Waals surface area contributed by atoms with Crippen LogP contribution in [0.4, 0.5) is 5.82 Å². The Morgan fingerprint density at radius 1 is 1.13 bits per heavy atom. The molecule has 0 radical (unpaired) electrons. The van der Waals surface area contributed by atoms with Crippen molar-refractivity contribution in [3.05, 3.63) is 36.4 Å². The Bertz CT molecular complexity index is 652. The van der Waals surface area contributed by atoms with E-state index in [1.165, 1.54) is 19.3 Å². The molecule has 0 aliphatic carbocycles. The van der Waals surface area contributed by atoms with E-state index in [0.717, 1.165) is 36.4 Å². The Hall–Kier alpha value is -1.57. The fourth-order valence-electron chi connectivity index (χ4n) is 2.74. The monoisotopic (exact) mass is 425 g/mol. The lowest BCUT2D eigenvalue weighted by Gasteiger charge is -2.27. The number of hydrogen-bond acceptors (Lipinski definition) is 3. The normalized spacial score (nSPS) is 15.3. The maximum Gasteiger partial charge on any atom is 0.191 e. The van der Waals surface area contributed by atoms with Gasteiger partial charge in [-0.1, -0.05) is 18.2 Å². The zero-order chi connectivity index (χ0) is 15.2. The Morgan fingerprint density at radius 2 is 1.91 bits per heavy atom. The third kappa shape index (κ3) is 4.95. The van der Waals surface area contributed by atoms with Gasteiger partial charge < -0.3 is 16.0 Å². The lowest BCUT2D eigenvalue weighted by molar-refractivity contribution is 0.338. The van der Waals surface area contributed by atoms with Crippen molar-refractivity contribution in [1.82, 2.24) is 9.88 Å². The van der Waals surface area contributed by atoms with E-state index in [9.17, 15) is 0 Å². The number of fused-ring (bicyclic) bond motifs is 1. The van der Waals surface area contributed by atoms with Crippen LogP contribution in [0.2, 0.25) is 0 Å². The number of guanidine groups is 1. The summed E-state index contributed by atoms with van der Waals surface area (Å²) in [6, 6.07) is 12.2. The number of anilines is 1. The third-order valence-electron chi connectivity index (χ3n) is 3.97. The molecule has 0 spiro atoms. The standard InChI is InChI=1S/C17H23N5.HI/c18-17(22-12-4-1-5-13-22)20-11-10-19-16-9-8-14-6-2-3-7-15(14)21-16;/h2-3,6-9H,1,4-5,10-13H2,(H2,18,20)(H,19,21);1H. The SMILES string of the molecule is I.NC(=NCCNc1ccc2ccccc2n1)N1CCCCC1. The van der Waals surface area contributed by atoms with Crippen LogP contribution < -0.4 is 11.1 Å². The molecule has 0 saturated carbocycles. The quantitative estimate of drug-likeness (QED) is 0.342. The highest BCUT2D eigenvalue weighted by atomic mass is 127. The minimum Gasteiger partial charge on any atom is -0.370 e. The van der Waals surface area contributed by atoms with Crippen LogP contribution in [0.5, 0.6) is 0 Å². The van der Waals surface area contributed by atoms with E-state index >= 15 is 0 Å². The molecule has 1 saturated heterocycles. The van der Waals surface area contributed by atoms with Crippen molar-refractivity contribution in [2.75, 3.05) is 31.5 Å². The maximum absolute atomic E-state index is 6.03. The molecule has 1 fully saturated rings. The van der Waals surface area contributed by atoms with E-state index in [1.54, 1.807) is 0 Å². The molecule has 3 N–H and O–H groups in total. The smallest absolute Gasteiger partial charge is 0.191 e. The summed E-state index contributed by atoms with van der Waals surface area (Å²) < 4.78 is 0. The number of hydrogen-bond donors (Lipinski definition) is 2. The molecule has 0 atom stereocenters. The maximum atomic E-state index is 6.03. The predicted molar refractivity (Wildman–Crippen MR) is 108 cm³/mol. The number of aromatic nitrogens is 1. The summed E-state index contributed by atoms with van der Waals surface area (Å²) in [6.45, 7) is 3.47.